The predicted octanol–water partition coefficient (Wildman–Crippen LogP) is 2.71. The van der Waals surface area contributed by atoms with Crippen LogP contribution in [0.3, 0.4) is 0 Å². The Bertz CT molecular complexity index is 1020. The standard InChI is InChI=1S/C24H36N4O4S/c1-5-28(6-2)33(30,31)22-15-23(26(3)18-22)24(29)25-16-19-11-13-27(14-12-19)17-20-7-9-21(32-4)10-8-20/h7-10,15,18-19H,5-6,11-14,16-17H2,1-4H3,(H,25,29). The molecule has 0 aliphatic carbocycles. The van der Waals surface area contributed by atoms with Gasteiger partial charge >= 0.3 is 0 Å². The van der Waals surface area contributed by atoms with Gasteiger partial charge in [-0.2, -0.15) is 4.31 Å². The molecule has 1 amide bonds. The minimum Gasteiger partial charge on any atom is -0.497 e. The van der Waals surface area contributed by atoms with Crippen molar-refractivity contribution in [1.29, 1.82) is 0 Å². The van der Waals surface area contributed by atoms with E-state index in [-0.39, 0.29) is 10.8 Å². The summed E-state index contributed by atoms with van der Waals surface area (Å²) in [6, 6.07) is 9.64. The lowest BCUT2D eigenvalue weighted by Gasteiger charge is -2.32. The maximum absolute atomic E-state index is 12.8. The number of aryl methyl sites for hydroxylation is 1. The highest BCUT2D eigenvalue weighted by atomic mass is 32.2. The molecule has 2 heterocycles. The normalized spacial score (nSPS) is 15.7. The molecule has 0 spiro atoms. The first-order chi connectivity index (χ1) is 15.8. The van der Waals surface area contributed by atoms with E-state index in [9.17, 15) is 13.2 Å². The van der Waals surface area contributed by atoms with Gasteiger partial charge in [0, 0.05) is 39.4 Å². The summed E-state index contributed by atoms with van der Waals surface area (Å²) in [6.07, 6.45) is 3.55. The molecule has 1 aromatic heterocycles. The first-order valence-corrected chi connectivity index (χ1v) is 13.0. The molecule has 8 nitrogen and oxygen atoms in total. The van der Waals surface area contributed by atoms with Crippen LogP contribution in [0.5, 0.6) is 5.75 Å². The molecule has 1 aliphatic heterocycles. The van der Waals surface area contributed by atoms with Gasteiger partial charge in [0.05, 0.1) is 7.11 Å². The largest absolute Gasteiger partial charge is 0.497 e. The van der Waals surface area contributed by atoms with E-state index >= 15 is 0 Å². The lowest BCUT2D eigenvalue weighted by Crippen LogP contribution is -2.38. The lowest BCUT2D eigenvalue weighted by atomic mass is 9.96. The van der Waals surface area contributed by atoms with E-state index in [1.807, 2.05) is 12.1 Å². The van der Waals surface area contributed by atoms with Crippen molar-refractivity contribution in [3.63, 3.8) is 0 Å². The minimum atomic E-state index is -3.59. The molecule has 1 fully saturated rings. The zero-order chi connectivity index (χ0) is 24.0. The van der Waals surface area contributed by atoms with Crippen LogP contribution in [-0.4, -0.2) is 67.9 Å². The Balaban J connectivity index is 1.50. The first kappa shape index (κ1) is 25.3. The summed E-state index contributed by atoms with van der Waals surface area (Å²) < 4.78 is 33.7. The maximum atomic E-state index is 12.8. The molecule has 0 bridgehead atoms. The summed E-state index contributed by atoms with van der Waals surface area (Å²) in [5, 5.41) is 3.01. The number of sulfonamides is 1. The van der Waals surface area contributed by atoms with Gasteiger partial charge in [-0.3, -0.25) is 9.69 Å². The number of nitrogens with zero attached hydrogens (tertiary/aromatic N) is 3. The lowest BCUT2D eigenvalue weighted by molar-refractivity contribution is 0.0927. The van der Waals surface area contributed by atoms with Gasteiger partial charge in [-0.05, 0) is 55.6 Å². The van der Waals surface area contributed by atoms with Crippen molar-refractivity contribution < 1.29 is 17.9 Å². The number of rotatable bonds is 10. The molecule has 0 atom stereocenters. The second kappa shape index (κ2) is 11.2. The van der Waals surface area contributed by atoms with Gasteiger partial charge in [0.2, 0.25) is 10.0 Å². The smallest absolute Gasteiger partial charge is 0.267 e. The van der Waals surface area contributed by atoms with Crippen molar-refractivity contribution >= 4 is 15.9 Å². The van der Waals surface area contributed by atoms with E-state index < -0.39 is 10.0 Å². The number of hydrogen-bond donors (Lipinski definition) is 1. The van der Waals surface area contributed by atoms with Gasteiger partial charge in [-0.1, -0.05) is 26.0 Å². The number of hydrogen-bond acceptors (Lipinski definition) is 5. The van der Waals surface area contributed by atoms with E-state index in [4.69, 9.17) is 4.74 Å². The zero-order valence-electron chi connectivity index (χ0n) is 20.1. The van der Waals surface area contributed by atoms with Gasteiger partial charge in [0.25, 0.3) is 5.91 Å². The highest BCUT2D eigenvalue weighted by molar-refractivity contribution is 7.89. The molecule has 0 unspecified atom stereocenters. The van der Waals surface area contributed by atoms with Crippen LogP contribution in [0, 0.1) is 5.92 Å². The van der Waals surface area contributed by atoms with Crippen LogP contribution >= 0.6 is 0 Å². The van der Waals surface area contributed by atoms with Gasteiger partial charge < -0.3 is 14.6 Å². The summed E-state index contributed by atoms with van der Waals surface area (Å²) in [5.74, 6) is 1.04. The van der Waals surface area contributed by atoms with E-state index in [1.54, 1.807) is 32.6 Å². The Morgan fingerprint density at radius 1 is 1.15 bits per heavy atom. The number of ether oxygens (including phenoxy) is 1. The fourth-order valence-electron chi connectivity index (χ4n) is 4.28. The summed E-state index contributed by atoms with van der Waals surface area (Å²) in [5.41, 5.74) is 1.62. The van der Waals surface area contributed by atoms with Crippen molar-refractivity contribution in [1.82, 2.24) is 19.1 Å². The van der Waals surface area contributed by atoms with Crippen molar-refractivity contribution in [3.05, 3.63) is 47.8 Å². The molecule has 182 valence electrons. The average Bonchev–Trinajstić information content (AvgIpc) is 3.22. The number of nitrogens with one attached hydrogen (secondary N) is 1. The summed E-state index contributed by atoms with van der Waals surface area (Å²) >= 11 is 0. The van der Waals surface area contributed by atoms with Crippen LogP contribution in [0.4, 0.5) is 0 Å². The van der Waals surface area contributed by atoms with Crippen molar-refractivity contribution in [2.75, 3.05) is 39.8 Å². The first-order valence-electron chi connectivity index (χ1n) is 11.6. The van der Waals surface area contributed by atoms with Gasteiger partial charge in [-0.15, -0.1) is 0 Å². The van der Waals surface area contributed by atoms with Crippen LogP contribution in [0.25, 0.3) is 0 Å². The van der Waals surface area contributed by atoms with Crippen LogP contribution in [-0.2, 0) is 23.6 Å². The number of amides is 1. The predicted molar refractivity (Wildman–Crippen MR) is 129 cm³/mol. The molecule has 1 aromatic carbocycles. The monoisotopic (exact) mass is 476 g/mol. The van der Waals surface area contributed by atoms with Crippen LogP contribution < -0.4 is 10.1 Å². The number of methoxy groups -OCH3 is 1. The number of aromatic nitrogens is 1. The average molecular weight is 477 g/mol. The Morgan fingerprint density at radius 3 is 2.36 bits per heavy atom. The molecule has 1 aliphatic rings. The van der Waals surface area contributed by atoms with Crippen molar-refractivity contribution in [2.24, 2.45) is 13.0 Å². The van der Waals surface area contributed by atoms with E-state index in [0.717, 1.165) is 38.2 Å². The van der Waals surface area contributed by atoms with Crippen LogP contribution in [0.1, 0.15) is 42.7 Å². The fraction of sp³-hybridized carbons (Fsp3) is 0.542. The summed E-state index contributed by atoms with van der Waals surface area (Å²) in [7, 11) is -0.215. The molecule has 0 radical (unpaired) electrons. The van der Waals surface area contributed by atoms with E-state index in [1.165, 1.54) is 22.1 Å². The fourth-order valence-corrected chi connectivity index (χ4v) is 5.81. The quantitative estimate of drug-likeness (QED) is 0.570. The third kappa shape index (κ3) is 6.16. The van der Waals surface area contributed by atoms with Crippen LogP contribution in [0.15, 0.2) is 41.4 Å². The summed E-state index contributed by atoms with van der Waals surface area (Å²) in [4.78, 5) is 15.3. The number of benzene rings is 1. The Hall–Kier alpha value is -2.36. The number of piperidine rings is 1. The van der Waals surface area contributed by atoms with Crippen molar-refractivity contribution in [3.8, 4) is 5.75 Å². The molecule has 9 heteroatoms. The topological polar surface area (TPSA) is 83.9 Å². The maximum Gasteiger partial charge on any atom is 0.267 e. The zero-order valence-corrected chi connectivity index (χ0v) is 20.9. The highest BCUT2D eigenvalue weighted by Crippen LogP contribution is 2.21. The van der Waals surface area contributed by atoms with Crippen molar-refractivity contribution in [2.45, 2.75) is 38.1 Å². The Morgan fingerprint density at radius 2 is 1.79 bits per heavy atom. The Kier molecular flexibility index (Phi) is 8.56. The molecular formula is C24H36N4O4S. The third-order valence-electron chi connectivity index (χ3n) is 6.38. The van der Waals surface area contributed by atoms with E-state index in [0.29, 0.717) is 31.2 Å². The minimum absolute atomic E-state index is 0.158. The van der Waals surface area contributed by atoms with Gasteiger partial charge in [0.1, 0.15) is 16.3 Å². The third-order valence-corrected chi connectivity index (χ3v) is 8.39. The second-order valence-corrected chi connectivity index (χ2v) is 10.5. The second-order valence-electron chi connectivity index (χ2n) is 8.54. The molecule has 2 aromatic rings. The number of carbonyl (C=O) groups is 1. The molecular weight excluding hydrogens is 440 g/mol. The molecule has 33 heavy (non-hydrogen) atoms. The SMILES string of the molecule is CCN(CC)S(=O)(=O)c1cc(C(=O)NCC2CCN(Cc3ccc(OC)cc3)CC2)n(C)c1. The Labute approximate surface area is 197 Å². The van der Waals surface area contributed by atoms with E-state index in [2.05, 4.69) is 22.3 Å². The summed E-state index contributed by atoms with van der Waals surface area (Å²) in [6.45, 7) is 7.89. The molecule has 1 saturated heterocycles. The number of carbonyl (C=O) groups excluding carboxylic acids is 1. The number of likely N-dealkylation sites (tertiary alicyclic amines) is 1. The molecule has 0 saturated carbocycles. The van der Waals surface area contributed by atoms with Gasteiger partial charge in [0.15, 0.2) is 0 Å². The molecule has 1 N–H and O–H groups in total. The van der Waals surface area contributed by atoms with Gasteiger partial charge in [-0.25, -0.2) is 8.42 Å². The molecule has 3 rings (SSSR count). The van der Waals surface area contributed by atoms with Crippen LogP contribution in [0.2, 0.25) is 0 Å². The highest BCUT2D eigenvalue weighted by Gasteiger charge is 2.26.